The first-order valence-electron chi connectivity index (χ1n) is 12.1. The van der Waals surface area contributed by atoms with Crippen molar-refractivity contribution in [1.82, 2.24) is 9.62 Å². The van der Waals surface area contributed by atoms with Gasteiger partial charge in [0.15, 0.2) is 0 Å². The highest BCUT2D eigenvalue weighted by Gasteiger charge is 2.32. The van der Waals surface area contributed by atoms with E-state index in [4.69, 9.17) is 0 Å². The number of benzene rings is 4. The summed E-state index contributed by atoms with van der Waals surface area (Å²) in [6, 6.07) is 30.2. The second-order valence-electron chi connectivity index (χ2n) is 8.81. The molecule has 0 spiro atoms. The number of nitro groups is 1. The van der Waals surface area contributed by atoms with Crippen LogP contribution in [0.4, 0.5) is 5.69 Å². The summed E-state index contributed by atoms with van der Waals surface area (Å²) in [7, 11) is -2.35. The van der Waals surface area contributed by atoms with Crippen LogP contribution < -0.4 is 4.72 Å². The summed E-state index contributed by atoms with van der Waals surface area (Å²) in [6.07, 6.45) is 3.34. The third-order valence-electron chi connectivity index (χ3n) is 6.18. The molecule has 4 aromatic carbocycles. The van der Waals surface area contributed by atoms with E-state index in [1.165, 1.54) is 29.2 Å². The van der Waals surface area contributed by atoms with E-state index < -0.39 is 27.0 Å². The Labute approximate surface area is 227 Å². The maximum absolute atomic E-state index is 13.5. The van der Waals surface area contributed by atoms with Gasteiger partial charge in [-0.25, -0.2) is 13.1 Å². The number of hydrogen-bond donors (Lipinski definition) is 1. The molecule has 0 aliphatic heterocycles. The molecule has 9 heteroatoms. The summed E-state index contributed by atoms with van der Waals surface area (Å²) in [4.78, 5) is 25.7. The first kappa shape index (κ1) is 27.4. The van der Waals surface area contributed by atoms with Crippen molar-refractivity contribution in [3.05, 3.63) is 148 Å². The first-order chi connectivity index (χ1) is 18.8. The molecule has 39 heavy (non-hydrogen) atoms. The molecule has 0 fully saturated rings. The monoisotopic (exact) mass is 541 g/mol. The minimum Gasteiger partial charge on any atom is -0.333 e. The van der Waals surface area contributed by atoms with Gasteiger partial charge in [0.05, 0.1) is 21.9 Å². The average Bonchev–Trinajstić information content (AvgIpc) is 2.97. The van der Waals surface area contributed by atoms with Gasteiger partial charge >= 0.3 is 0 Å². The van der Waals surface area contributed by atoms with Crippen molar-refractivity contribution < 1.29 is 18.1 Å². The molecular formula is C30H27N3O5S. The van der Waals surface area contributed by atoms with Crippen LogP contribution in [0.1, 0.15) is 27.5 Å². The number of nitrogens with one attached hydrogen (secondary N) is 1. The van der Waals surface area contributed by atoms with Crippen molar-refractivity contribution in [2.45, 2.75) is 17.0 Å². The summed E-state index contributed by atoms with van der Waals surface area (Å²) < 4.78 is 29.7. The fraction of sp³-hybridized carbons (Fsp3) is 0.100. The lowest BCUT2D eigenvalue weighted by molar-refractivity contribution is -0.384. The number of carbonyl (C=O) groups excluding carboxylic acids is 1. The van der Waals surface area contributed by atoms with Crippen molar-refractivity contribution in [1.29, 1.82) is 0 Å². The van der Waals surface area contributed by atoms with E-state index in [2.05, 4.69) is 4.72 Å². The maximum Gasteiger partial charge on any atom is 0.269 e. The number of nitro benzene ring substituents is 1. The summed E-state index contributed by atoms with van der Waals surface area (Å²) in [5, 5.41) is 11.0. The normalized spacial score (nSPS) is 13.1. The number of non-ortho nitro benzene ring substituents is 1. The molecule has 4 aromatic rings. The summed E-state index contributed by atoms with van der Waals surface area (Å²) in [6.45, 7) is 0. The Bertz CT molecular complexity index is 1540. The van der Waals surface area contributed by atoms with E-state index in [1.807, 2.05) is 36.4 Å². The zero-order valence-electron chi connectivity index (χ0n) is 21.1. The highest BCUT2D eigenvalue weighted by atomic mass is 32.2. The Morgan fingerprint density at radius 1 is 0.846 bits per heavy atom. The van der Waals surface area contributed by atoms with Gasteiger partial charge in [-0.15, -0.1) is 0 Å². The number of carbonyl (C=O) groups is 1. The second-order valence-corrected chi connectivity index (χ2v) is 10.5. The Hall–Kier alpha value is -4.60. The standard InChI is InChI=1S/C30H27N3O5S/c1-32(30(34)25-13-7-3-8-14-25)29(24-11-5-2-6-12-24)28(31-39(37,38)27-15-9-4-10-16-27)22-19-23-17-20-26(21-18-23)33(35)36/h2-22,28-29,31H,1H3/b22-19+. The number of amides is 1. The zero-order chi connectivity index (χ0) is 27.8. The van der Waals surface area contributed by atoms with Gasteiger partial charge in [-0.05, 0) is 47.5 Å². The van der Waals surface area contributed by atoms with E-state index in [9.17, 15) is 23.3 Å². The number of hydrogen-bond acceptors (Lipinski definition) is 5. The molecule has 0 saturated heterocycles. The number of likely N-dealkylation sites (N-methyl/N-ethyl adjacent to an activating group) is 1. The molecule has 0 heterocycles. The van der Waals surface area contributed by atoms with Crippen molar-refractivity contribution in [2.75, 3.05) is 7.05 Å². The molecule has 0 bridgehead atoms. The Kier molecular flexibility index (Phi) is 8.65. The molecule has 2 atom stereocenters. The third-order valence-corrected chi connectivity index (χ3v) is 7.66. The van der Waals surface area contributed by atoms with Crippen LogP contribution in [-0.2, 0) is 10.0 Å². The minimum absolute atomic E-state index is 0.0520. The van der Waals surface area contributed by atoms with E-state index in [1.54, 1.807) is 73.8 Å². The highest BCUT2D eigenvalue weighted by molar-refractivity contribution is 7.89. The smallest absolute Gasteiger partial charge is 0.269 e. The molecule has 0 aliphatic rings. The Morgan fingerprint density at radius 2 is 1.38 bits per heavy atom. The van der Waals surface area contributed by atoms with Gasteiger partial charge in [0, 0.05) is 24.7 Å². The van der Waals surface area contributed by atoms with E-state index in [0.717, 1.165) is 5.56 Å². The summed E-state index contributed by atoms with van der Waals surface area (Å²) in [5.41, 5.74) is 1.76. The fourth-order valence-electron chi connectivity index (χ4n) is 4.21. The topological polar surface area (TPSA) is 110 Å². The fourth-order valence-corrected chi connectivity index (χ4v) is 5.43. The first-order valence-corrected chi connectivity index (χ1v) is 13.6. The maximum atomic E-state index is 13.5. The molecule has 0 radical (unpaired) electrons. The van der Waals surface area contributed by atoms with Crippen LogP contribution in [0, 0.1) is 10.1 Å². The lowest BCUT2D eigenvalue weighted by atomic mass is 9.96. The van der Waals surface area contributed by atoms with Gasteiger partial charge in [-0.2, -0.15) is 0 Å². The molecule has 0 saturated carbocycles. The second kappa shape index (κ2) is 12.3. The van der Waals surface area contributed by atoms with E-state index in [-0.39, 0.29) is 16.5 Å². The Balaban J connectivity index is 1.79. The average molecular weight is 542 g/mol. The molecule has 2 unspecified atom stereocenters. The van der Waals surface area contributed by atoms with Gasteiger partial charge < -0.3 is 4.90 Å². The van der Waals surface area contributed by atoms with Gasteiger partial charge in [-0.1, -0.05) is 78.9 Å². The van der Waals surface area contributed by atoms with Gasteiger partial charge in [0.1, 0.15) is 0 Å². The predicted molar refractivity (Wildman–Crippen MR) is 150 cm³/mol. The number of rotatable bonds is 10. The number of sulfonamides is 1. The van der Waals surface area contributed by atoms with E-state index >= 15 is 0 Å². The lowest BCUT2D eigenvalue weighted by Gasteiger charge is -2.34. The predicted octanol–water partition coefficient (Wildman–Crippen LogP) is 5.47. The quantitative estimate of drug-likeness (QED) is 0.212. The van der Waals surface area contributed by atoms with Crippen molar-refractivity contribution in [2.24, 2.45) is 0 Å². The van der Waals surface area contributed by atoms with Crippen LogP contribution in [0.25, 0.3) is 6.08 Å². The van der Waals surface area contributed by atoms with Crippen LogP contribution >= 0.6 is 0 Å². The minimum atomic E-state index is -3.99. The van der Waals surface area contributed by atoms with Crippen LogP contribution in [0.2, 0.25) is 0 Å². The molecule has 1 N–H and O–H groups in total. The summed E-state index contributed by atoms with van der Waals surface area (Å²) in [5.74, 6) is -0.280. The molecule has 198 valence electrons. The van der Waals surface area contributed by atoms with Crippen LogP contribution in [0.15, 0.2) is 126 Å². The van der Waals surface area contributed by atoms with Crippen LogP contribution in [0.5, 0.6) is 0 Å². The molecule has 1 amide bonds. The van der Waals surface area contributed by atoms with Crippen molar-refractivity contribution in [3.8, 4) is 0 Å². The highest BCUT2D eigenvalue weighted by Crippen LogP contribution is 2.28. The number of nitrogens with zero attached hydrogens (tertiary/aromatic N) is 2. The molecule has 0 aromatic heterocycles. The molecule has 4 rings (SSSR count). The summed E-state index contributed by atoms with van der Waals surface area (Å²) >= 11 is 0. The molecule has 0 aliphatic carbocycles. The SMILES string of the molecule is CN(C(=O)c1ccccc1)C(c1ccccc1)C(/C=C/c1ccc([N+](=O)[O-])cc1)NS(=O)(=O)c1ccccc1. The van der Waals surface area contributed by atoms with Gasteiger partial charge in [0.2, 0.25) is 10.0 Å². The Morgan fingerprint density at radius 3 is 1.95 bits per heavy atom. The van der Waals surface area contributed by atoms with Crippen molar-refractivity contribution >= 4 is 27.7 Å². The zero-order valence-corrected chi connectivity index (χ0v) is 21.9. The largest absolute Gasteiger partial charge is 0.333 e. The van der Waals surface area contributed by atoms with Crippen LogP contribution in [0.3, 0.4) is 0 Å². The van der Waals surface area contributed by atoms with Crippen molar-refractivity contribution in [3.63, 3.8) is 0 Å². The third kappa shape index (κ3) is 6.84. The van der Waals surface area contributed by atoms with E-state index in [0.29, 0.717) is 11.1 Å². The molecular weight excluding hydrogens is 514 g/mol. The lowest BCUT2D eigenvalue weighted by Crippen LogP contribution is -2.46. The van der Waals surface area contributed by atoms with Gasteiger partial charge in [0.25, 0.3) is 11.6 Å². The molecule has 8 nitrogen and oxygen atoms in total. The van der Waals surface area contributed by atoms with Crippen LogP contribution in [-0.4, -0.2) is 37.2 Å². The van der Waals surface area contributed by atoms with Gasteiger partial charge in [-0.3, -0.25) is 14.9 Å².